The Morgan fingerprint density at radius 1 is 0.472 bits per heavy atom. The standard InChI is InChI=1S/C95H164N12O17S/c1-16-19-22-24-26-28-30-32-34-36-38-40-42-53-80(111)119-69-74(120-81(112)54-43-41-39-37-35-33-31-29-27-25-23-20-17-2)70-125-71-76(101-89(116)122-93(7,8)9)85(113)100-75(51-44-46-62-97-79(110)60-59-77(108)73-57-55-72(56-58-73)68-107-84-82(102-87(107)114)83(96)103-86(104-84)98-61-21-18-3)78(109)52-45-47-64-105(90(117)123-94(10,11)12)65-48-49-66-106(91(118)124-95(13,14)15)67-50-63-99-88(115)121-92(4,5)6/h55-58,74-76H,16-54,59-71H2,1-15H3,(H,97,110)(H,99,115)(H,100,113)(H,101,116)(H,102,114)(H3,96,98,103,104)/t74?,75-,76-/m0/s1. The molecule has 1 aromatic carbocycles. The summed E-state index contributed by atoms with van der Waals surface area (Å²) in [5, 5.41) is 14.4. The lowest BCUT2D eigenvalue weighted by Gasteiger charge is -2.29. The molecular formula is C95H164N12O17S. The monoisotopic (exact) mass is 1780 g/mol. The molecule has 125 heavy (non-hydrogen) atoms. The number of amides is 6. The summed E-state index contributed by atoms with van der Waals surface area (Å²) < 4.78 is 35.9. The van der Waals surface area contributed by atoms with Crippen LogP contribution in [0.4, 0.5) is 30.9 Å². The quantitative estimate of drug-likeness (QED) is 0.0119. The molecule has 0 bridgehead atoms. The van der Waals surface area contributed by atoms with Crippen molar-refractivity contribution in [2.45, 2.75) is 414 Å². The lowest BCUT2D eigenvalue weighted by molar-refractivity contribution is -0.157. The molecule has 0 aliphatic carbocycles. The number of nitrogens with zero attached hydrogens (tertiary/aromatic N) is 5. The van der Waals surface area contributed by atoms with E-state index in [1.54, 1.807) is 117 Å². The maximum Gasteiger partial charge on any atom is 0.410 e. The molecule has 3 rings (SSSR count). The van der Waals surface area contributed by atoms with Crippen LogP contribution in [0.5, 0.6) is 0 Å². The van der Waals surface area contributed by atoms with Gasteiger partial charge in [-0.05, 0) is 159 Å². The first kappa shape index (κ1) is 111. The van der Waals surface area contributed by atoms with Crippen LogP contribution in [0.1, 0.15) is 383 Å². The zero-order valence-electron chi connectivity index (χ0n) is 79.5. The highest BCUT2D eigenvalue weighted by Gasteiger charge is 2.31. The minimum absolute atomic E-state index is 0.0232. The van der Waals surface area contributed by atoms with E-state index in [0.29, 0.717) is 93.6 Å². The molecule has 3 aromatic rings. The van der Waals surface area contributed by atoms with Gasteiger partial charge >= 0.3 is 42.0 Å². The van der Waals surface area contributed by atoms with E-state index in [4.69, 9.17) is 34.2 Å². The number of alkyl carbamates (subject to hydrolysis) is 2. The van der Waals surface area contributed by atoms with Crippen molar-refractivity contribution in [3.63, 3.8) is 0 Å². The molecule has 2 aromatic heterocycles. The number of carbonyl (C=O) groups excluding carboxylic acids is 10. The highest BCUT2D eigenvalue weighted by Crippen LogP contribution is 2.24. The Labute approximate surface area is 752 Å². The first-order chi connectivity index (χ1) is 59.4. The molecule has 2 heterocycles. The number of Topliss-reactive ketones (excluding diaryl/α,β-unsaturated/α-hetero) is 2. The van der Waals surface area contributed by atoms with Gasteiger partial charge < -0.3 is 75.5 Å². The predicted octanol–water partition coefficient (Wildman–Crippen LogP) is 19.6. The van der Waals surface area contributed by atoms with Gasteiger partial charge in [-0.1, -0.05) is 206 Å². The van der Waals surface area contributed by atoms with Gasteiger partial charge in [0.15, 0.2) is 23.0 Å². The van der Waals surface area contributed by atoms with Gasteiger partial charge in [0.25, 0.3) is 0 Å². The fourth-order valence-corrected chi connectivity index (χ4v) is 15.0. The highest BCUT2D eigenvalue weighted by molar-refractivity contribution is 7.99. The summed E-state index contributed by atoms with van der Waals surface area (Å²) in [6.07, 6.45) is 31.7. The molecule has 1 unspecified atom stereocenters. The fraction of sp³-hybridized carbons (Fsp3) is 0.779. The van der Waals surface area contributed by atoms with Crippen molar-refractivity contribution < 1.29 is 76.4 Å². The average Bonchev–Trinajstić information content (AvgIpc) is 1.63. The molecule has 0 saturated heterocycles. The number of esters is 2. The van der Waals surface area contributed by atoms with Crippen LogP contribution in [-0.4, -0.2) is 194 Å². The number of H-pyrrole nitrogens is 1. The van der Waals surface area contributed by atoms with Crippen molar-refractivity contribution in [2.24, 2.45) is 0 Å². The minimum Gasteiger partial charge on any atom is -0.462 e. The molecule has 0 aliphatic heterocycles. The second-order valence-electron chi connectivity index (χ2n) is 37.3. The Morgan fingerprint density at radius 2 is 0.936 bits per heavy atom. The summed E-state index contributed by atoms with van der Waals surface area (Å²) in [5.74, 6) is -2.00. The van der Waals surface area contributed by atoms with Crippen LogP contribution in [-0.2, 0) is 58.9 Å². The van der Waals surface area contributed by atoms with Crippen molar-refractivity contribution in [3.05, 3.63) is 45.9 Å². The Bertz CT molecular complexity index is 3660. The van der Waals surface area contributed by atoms with Crippen LogP contribution in [0.2, 0.25) is 0 Å². The number of rotatable bonds is 68. The number of aromatic nitrogens is 4. The topological polar surface area (TPSA) is 382 Å². The molecular weight excluding hydrogens is 1610 g/mol. The summed E-state index contributed by atoms with van der Waals surface area (Å²) in [6, 6.07) is 4.39. The van der Waals surface area contributed by atoms with E-state index in [9.17, 15) is 52.7 Å². The largest absolute Gasteiger partial charge is 0.462 e. The van der Waals surface area contributed by atoms with Gasteiger partial charge in [0, 0.05) is 95.0 Å². The van der Waals surface area contributed by atoms with E-state index in [-0.39, 0.29) is 119 Å². The molecule has 0 aliphatic rings. The fourth-order valence-electron chi connectivity index (χ4n) is 13.9. The number of ether oxygens (including phenoxy) is 6. The molecule has 712 valence electrons. The summed E-state index contributed by atoms with van der Waals surface area (Å²) in [7, 11) is 0. The van der Waals surface area contributed by atoms with Crippen molar-refractivity contribution in [1.29, 1.82) is 0 Å². The number of thioether (sulfide) groups is 1. The van der Waals surface area contributed by atoms with Gasteiger partial charge in [0.05, 0.1) is 12.6 Å². The van der Waals surface area contributed by atoms with Crippen molar-refractivity contribution in [3.8, 4) is 0 Å². The zero-order chi connectivity index (χ0) is 92.5. The molecule has 0 radical (unpaired) electrons. The molecule has 0 spiro atoms. The zero-order valence-corrected chi connectivity index (χ0v) is 80.3. The van der Waals surface area contributed by atoms with E-state index < -0.39 is 88.5 Å². The first-order valence-electron chi connectivity index (χ1n) is 47.5. The van der Waals surface area contributed by atoms with E-state index in [1.165, 1.54) is 125 Å². The van der Waals surface area contributed by atoms with Gasteiger partial charge in [-0.3, -0.25) is 33.3 Å². The lowest BCUT2D eigenvalue weighted by atomic mass is 10.00. The van der Waals surface area contributed by atoms with E-state index >= 15 is 0 Å². The number of carbonyl (C=O) groups is 10. The molecule has 8 N–H and O–H groups in total. The Hall–Kier alpha value is -8.18. The summed E-state index contributed by atoms with van der Waals surface area (Å²) in [5.41, 5.74) is 4.30. The van der Waals surface area contributed by atoms with Crippen molar-refractivity contribution >= 4 is 94.4 Å². The summed E-state index contributed by atoms with van der Waals surface area (Å²) >= 11 is 1.20. The predicted molar refractivity (Wildman–Crippen MR) is 498 cm³/mol. The number of ketones is 2. The van der Waals surface area contributed by atoms with Crippen LogP contribution < -0.4 is 38.0 Å². The maximum atomic E-state index is 14.9. The third-order valence-corrected chi connectivity index (χ3v) is 21.9. The third-order valence-electron chi connectivity index (χ3n) is 20.7. The SMILES string of the molecule is CCCCCCCCCCCCCCCC(=O)OCC(CSC[C@H](NC(=O)OC(C)(C)C)C(=O)N[C@@H](CCCCNC(=O)CCC(=O)c1ccc(Cn2c(=O)[nH]c3c(N)nc(NCCCC)nc32)cc1)C(=O)CCCCN(CCCCN(CCCNC(=O)OC(C)(C)C)C(=O)OC(C)(C)C)C(=O)OC(C)(C)C)OC(=O)CCCCCCCCCCCCCCC. The number of aromatic amines is 1. The molecule has 29 nitrogen and oxygen atoms in total. The average molecular weight is 1780 g/mol. The van der Waals surface area contributed by atoms with Crippen LogP contribution in [0.25, 0.3) is 11.2 Å². The highest BCUT2D eigenvalue weighted by atomic mass is 32.2. The Morgan fingerprint density at radius 3 is 1.45 bits per heavy atom. The number of imidazole rings is 1. The second kappa shape index (κ2) is 62.9. The van der Waals surface area contributed by atoms with Gasteiger partial charge in [0.2, 0.25) is 17.8 Å². The van der Waals surface area contributed by atoms with Crippen molar-refractivity contribution in [2.75, 3.05) is 75.0 Å². The van der Waals surface area contributed by atoms with Crippen LogP contribution >= 0.6 is 11.8 Å². The number of nitrogens with one attached hydrogen (secondary N) is 6. The van der Waals surface area contributed by atoms with Crippen molar-refractivity contribution in [1.82, 2.24) is 50.6 Å². The van der Waals surface area contributed by atoms with E-state index in [2.05, 4.69) is 62.3 Å². The van der Waals surface area contributed by atoms with Gasteiger partial charge in [-0.15, -0.1) is 0 Å². The minimum atomic E-state index is -1.29. The van der Waals surface area contributed by atoms with Crippen LogP contribution in [0.15, 0.2) is 29.1 Å². The van der Waals surface area contributed by atoms with Crippen LogP contribution in [0, 0.1) is 0 Å². The second-order valence-corrected chi connectivity index (χ2v) is 38.4. The number of nitrogens with two attached hydrogens (primary N) is 1. The third kappa shape index (κ3) is 54.6. The number of nitrogen functional groups attached to an aromatic ring is 1. The van der Waals surface area contributed by atoms with E-state index in [0.717, 1.165) is 63.4 Å². The number of benzene rings is 1. The smallest absolute Gasteiger partial charge is 0.410 e. The number of unbranched alkanes of at least 4 members (excludes halogenated alkanes) is 28. The van der Waals surface area contributed by atoms with Gasteiger partial charge in [-0.25, -0.2) is 24.0 Å². The molecule has 30 heteroatoms. The summed E-state index contributed by atoms with van der Waals surface area (Å²) in [6.45, 7) is 29.6. The van der Waals surface area contributed by atoms with E-state index in [1.807, 2.05) is 0 Å². The maximum absolute atomic E-state index is 14.9. The molecule has 0 fully saturated rings. The molecule has 3 atom stereocenters. The Kier molecular flexibility index (Phi) is 55.8. The number of hydrogen-bond donors (Lipinski definition) is 7. The number of fused-ring (bicyclic) bond motifs is 1. The summed E-state index contributed by atoms with van der Waals surface area (Å²) in [4.78, 5) is 165. The van der Waals surface area contributed by atoms with Crippen LogP contribution in [0.3, 0.4) is 0 Å². The number of hydrogen-bond acceptors (Lipinski definition) is 22. The van der Waals surface area contributed by atoms with Gasteiger partial charge in [0.1, 0.15) is 46.7 Å². The van der Waals surface area contributed by atoms with Gasteiger partial charge in [-0.2, -0.15) is 21.7 Å². The molecule has 0 saturated carbocycles. The Balaban J connectivity index is 1.83. The normalized spacial score (nSPS) is 12.5. The first-order valence-corrected chi connectivity index (χ1v) is 48.6. The lowest BCUT2D eigenvalue weighted by Crippen LogP contribution is -2.53. The molecule has 6 amide bonds. The number of anilines is 2.